The predicted octanol–water partition coefficient (Wildman–Crippen LogP) is 5.28. The number of carbonyl (C=O) groups is 3. The third-order valence-electron chi connectivity index (χ3n) is 4.93. The van der Waals surface area contributed by atoms with Crippen LogP contribution in [0.25, 0.3) is 0 Å². The van der Waals surface area contributed by atoms with E-state index in [0.717, 1.165) is 6.20 Å². The molecule has 0 saturated carbocycles. The summed E-state index contributed by atoms with van der Waals surface area (Å²) in [5.74, 6) is -3.22. The molecule has 214 valence electrons. The van der Waals surface area contributed by atoms with Crippen molar-refractivity contribution in [2.24, 2.45) is 0 Å². The minimum Gasteiger partial charge on any atom is -0.475 e. The molecule has 15 heteroatoms. The van der Waals surface area contributed by atoms with Gasteiger partial charge in [-0.3, -0.25) is 9.59 Å². The number of nitrogens with zero attached hydrogens (tertiary/aromatic N) is 2. The van der Waals surface area contributed by atoms with Crippen LogP contribution in [0.3, 0.4) is 0 Å². The molecule has 40 heavy (non-hydrogen) atoms. The molecule has 2 amide bonds. The number of aliphatic carboxylic acids is 1. The molecule has 0 aliphatic rings. The molecule has 9 nitrogen and oxygen atoms in total. The van der Waals surface area contributed by atoms with Crippen molar-refractivity contribution in [2.75, 3.05) is 31.8 Å². The van der Waals surface area contributed by atoms with Gasteiger partial charge in [-0.15, -0.1) is 0 Å². The van der Waals surface area contributed by atoms with Crippen LogP contribution in [0, 0.1) is 0 Å². The Morgan fingerprint density at radius 2 is 1.45 bits per heavy atom. The van der Waals surface area contributed by atoms with E-state index < -0.39 is 29.8 Å². The van der Waals surface area contributed by atoms with Gasteiger partial charge in [-0.2, -0.15) is 26.3 Å². The zero-order valence-corrected chi connectivity index (χ0v) is 21.1. The number of aromatic nitrogens is 1. The van der Waals surface area contributed by atoms with Crippen LogP contribution in [0.15, 0.2) is 60.8 Å². The van der Waals surface area contributed by atoms with Crippen molar-refractivity contribution in [1.29, 1.82) is 0 Å². The molecule has 2 aromatic carbocycles. The maximum Gasteiger partial charge on any atom is 0.490 e. The number of carbonyl (C=O) groups excluding carboxylic acids is 2. The summed E-state index contributed by atoms with van der Waals surface area (Å²) in [6.07, 6.45) is -9.03. The summed E-state index contributed by atoms with van der Waals surface area (Å²) in [6.45, 7) is 0. The summed E-state index contributed by atoms with van der Waals surface area (Å²) in [6, 6.07) is 13.9. The van der Waals surface area contributed by atoms with Crippen molar-refractivity contribution in [2.45, 2.75) is 12.4 Å². The number of carboxylic acid groups (broad SMARTS) is 1. The van der Waals surface area contributed by atoms with Crippen LogP contribution in [0.5, 0.6) is 0 Å². The first-order valence-electron chi connectivity index (χ1n) is 11.1. The van der Waals surface area contributed by atoms with Crippen molar-refractivity contribution >= 4 is 40.7 Å². The lowest BCUT2D eigenvalue weighted by Gasteiger charge is -2.17. The van der Waals surface area contributed by atoms with Gasteiger partial charge in [0.1, 0.15) is 5.82 Å². The number of halogens is 6. The van der Waals surface area contributed by atoms with E-state index in [2.05, 4.69) is 20.9 Å². The Balaban J connectivity index is 0.000000708. The van der Waals surface area contributed by atoms with E-state index in [1.54, 1.807) is 50.5 Å². The fraction of sp³-hybridized carbons (Fsp3) is 0.200. The van der Waals surface area contributed by atoms with Gasteiger partial charge < -0.3 is 26.0 Å². The van der Waals surface area contributed by atoms with Crippen LogP contribution in [-0.4, -0.2) is 60.1 Å². The molecule has 0 aliphatic heterocycles. The third-order valence-corrected chi connectivity index (χ3v) is 4.93. The van der Waals surface area contributed by atoms with E-state index in [9.17, 15) is 35.9 Å². The molecule has 4 N–H and O–H groups in total. The van der Waals surface area contributed by atoms with Gasteiger partial charge in [-0.1, -0.05) is 12.1 Å². The van der Waals surface area contributed by atoms with E-state index >= 15 is 0 Å². The molecule has 0 fully saturated rings. The predicted molar refractivity (Wildman–Crippen MR) is 134 cm³/mol. The summed E-state index contributed by atoms with van der Waals surface area (Å²) in [4.78, 5) is 38.3. The van der Waals surface area contributed by atoms with Crippen molar-refractivity contribution in [1.82, 2.24) is 15.2 Å². The number of carboxylic acids is 1. The average molecular weight is 571 g/mol. The second-order valence-electron chi connectivity index (χ2n) is 8.07. The molecule has 0 spiro atoms. The van der Waals surface area contributed by atoms with Crippen LogP contribution >= 0.6 is 0 Å². The minimum atomic E-state index is -5.08. The van der Waals surface area contributed by atoms with E-state index in [4.69, 9.17) is 9.90 Å². The number of pyridine rings is 1. The number of nitrogens with one attached hydrogen (secondary N) is 3. The summed E-state index contributed by atoms with van der Waals surface area (Å²) in [5, 5.41) is 15.2. The monoisotopic (exact) mass is 571 g/mol. The van der Waals surface area contributed by atoms with Crippen LogP contribution in [0.4, 0.5) is 49.2 Å². The molecular weight excluding hydrogens is 548 g/mol. The van der Waals surface area contributed by atoms with Crippen molar-refractivity contribution in [3.63, 3.8) is 0 Å². The number of anilines is 4. The highest BCUT2D eigenvalue weighted by Crippen LogP contribution is 2.37. The Hall–Kier alpha value is -4.82. The Morgan fingerprint density at radius 3 is 1.95 bits per heavy atom. The number of benzene rings is 2. The van der Waals surface area contributed by atoms with Gasteiger partial charge in [0.2, 0.25) is 0 Å². The molecule has 3 rings (SSSR count). The Labute approximate surface area is 223 Å². The van der Waals surface area contributed by atoms with Gasteiger partial charge in [0.25, 0.3) is 11.8 Å². The lowest BCUT2D eigenvalue weighted by atomic mass is 10.1. The van der Waals surface area contributed by atoms with Gasteiger partial charge in [0, 0.05) is 44.7 Å². The van der Waals surface area contributed by atoms with Gasteiger partial charge in [-0.05, 0) is 36.4 Å². The molecule has 0 unspecified atom stereocenters. The topological polar surface area (TPSA) is 124 Å². The standard InChI is InChI=1S/C23H22F3N5O2.C2HF3O2/c1-27-21(32)16-6-4-5-7-18(16)30-19-12-20(28-13-17(19)23(24,25)26)29-15-10-8-14(9-11-15)22(33)31(2)3;3-2(4,5)1(6)7/h4-13H,1-3H3,(H,27,32)(H2,28,29,30);(H,6,7). The van der Waals surface area contributed by atoms with E-state index in [1.807, 2.05) is 0 Å². The van der Waals surface area contributed by atoms with Crippen molar-refractivity contribution in [3.8, 4) is 0 Å². The highest BCUT2D eigenvalue weighted by molar-refractivity contribution is 6.00. The summed E-state index contributed by atoms with van der Waals surface area (Å²) < 4.78 is 72.6. The first-order valence-corrected chi connectivity index (χ1v) is 11.1. The van der Waals surface area contributed by atoms with E-state index in [0.29, 0.717) is 11.3 Å². The molecule has 0 atom stereocenters. The highest BCUT2D eigenvalue weighted by Gasteiger charge is 2.38. The van der Waals surface area contributed by atoms with Crippen LogP contribution < -0.4 is 16.0 Å². The molecule has 0 aliphatic carbocycles. The number of hydrogen-bond donors (Lipinski definition) is 4. The van der Waals surface area contributed by atoms with Gasteiger partial charge >= 0.3 is 18.3 Å². The normalized spacial score (nSPS) is 11.0. The van der Waals surface area contributed by atoms with Crippen molar-refractivity contribution < 1.29 is 45.8 Å². The van der Waals surface area contributed by atoms with E-state index in [-0.39, 0.29) is 28.7 Å². The summed E-state index contributed by atoms with van der Waals surface area (Å²) in [7, 11) is 4.71. The van der Waals surface area contributed by atoms with Crippen molar-refractivity contribution in [3.05, 3.63) is 77.5 Å². The zero-order chi connectivity index (χ0) is 30.3. The number of para-hydroxylation sites is 1. The lowest BCUT2D eigenvalue weighted by molar-refractivity contribution is -0.192. The first kappa shape index (κ1) is 31.4. The molecule has 1 heterocycles. The van der Waals surface area contributed by atoms with Gasteiger partial charge in [0.15, 0.2) is 0 Å². The molecule has 1 aromatic heterocycles. The molecule has 0 saturated heterocycles. The second kappa shape index (κ2) is 12.8. The van der Waals surface area contributed by atoms with Crippen LogP contribution in [0.1, 0.15) is 26.3 Å². The largest absolute Gasteiger partial charge is 0.490 e. The number of hydrogen-bond acceptors (Lipinski definition) is 6. The molecule has 3 aromatic rings. The number of amides is 2. The van der Waals surface area contributed by atoms with Gasteiger partial charge in [-0.25, -0.2) is 9.78 Å². The SMILES string of the molecule is CNC(=O)c1ccccc1Nc1cc(Nc2ccc(C(=O)N(C)C)cc2)ncc1C(F)(F)F.O=C(O)C(F)(F)F. The lowest BCUT2D eigenvalue weighted by Crippen LogP contribution is -2.21. The van der Waals surface area contributed by atoms with E-state index in [1.165, 1.54) is 30.1 Å². The fourth-order valence-electron chi connectivity index (χ4n) is 3.03. The molecule has 0 radical (unpaired) electrons. The number of rotatable bonds is 6. The van der Waals surface area contributed by atoms with Gasteiger partial charge in [0.05, 0.1) is 22.5 Å². The number of alkyl halides is 6. The van der Waals surface area contributed by atoms with Crippen LogP contribution in [0.2, 0.25) is 0 Å². The highest BCUT2D eigenvalue weighted by atomic mass is 19.4. The minimum absolute atomic E-state index is 0.148. The smallest absolute Gasteiger partial charge is 0.475 e. The van der Waals surface area contributed by atoms with Crippen LogP contribution in [-0.2, 0) is 11.0 Å². The summed E-state index contributed by atoms with van der Waals surface area (Å²) >= 11 is 0. The third kappa shape index (κ3) is 8.61. The molecular formula is C25H23F6N5O4. The Bertz CT molecular complexity index is 1360. The maximum absolute atomic E-state index is 13.6. The Kier molecular flexibility index (Phi) is 10.1. The second-order valence-corrected chi connectivity index (χ2v) is 8.07. The fourth-order valence-corrected chi connectivity index (χ4v) is 3.03. The summed E-state index contributed by atoms with van der Waals surface area (Å²) in [5.41, 5.74) is 0.169. The maximum atomic E-state index is 13.6. The molecule has 0 bridgehead atoms. The average Bonchev–Trinajstić information content (AvgIpc) is 2.88. The Morgan fingerprint density at radius 1 is 0.875 bits per heavy atom. The quantitative estimate of drug-likeness (QED) is 0.297. The first-order chi connectivity index (χ1) is 18.5. The zero-order valence-electron chi connectivity index (χ0n) is 21.1.